The smallest absolute Gasteiger partial charge is 0.216 e. The Kier molecular flexibility index (Phi) is 4.44. The van der Waals surface area contributed by atoms with Gasteiger partial charge >= 0.3 is 0 Å². The van der Waals surface area contributed by atoms with Crippen molar-refractivity contribution in [3.8, 4) is 5.69 Å². The van der Waals surface area contributed by atoms with Gasteiger partial charge in [0.25, 0.3) is 0 Å². The normalized spacial score (nSPS) is 13.8. The quantitative estimate of drug-likeness (QED) is 0.702. The SMILES string of the molecule is CC(=O)NCC(O)C(O)c1ccc(-n2cncn2)cc1. The molecule has 0 aliphatic rings. The van der Waals surface area contributed by atoms with E-state index in [9.17, 15) is 15.0 Å². The van der Waals surface area contributed by atoms with E-state index in [4.69, 9.17) is 0 Å². The summed E-state index contributed by atoms with van der Waals surface area (Å²) in [6.07, 6.45) is 0.875. The fraction of sp³-hybridized carbons (Fsp3) is 0.308. The zero-order valence-electron chi connectivity index (χ0n) is 11.0. The zero-order chi connectivity index (χ0) is 14.5. The molecule has 0 bridgehead atoms. The maximum atomic E-state index is 10.8. The van der Waals surface area contributed by atoms with Crippen LogP contribution in [0, 0.1) is 0 Å². The molecule has 2 rings (SSSR count). The first-order chi connectivity index (χ1) is 9.58. The summed E-state index contributed by atoms with van der Waals surface area (Å²) < 4.78 is 1.59. The van der Waals surface area contributed by atoms with Gasteiger partial charge in [0.2, 0.25) is 5.91 Å². The molecule has 0 radical (unpaired) electrons. The monoisotopic (exact) mass is 276 g/mol. The Morgan fingerprint density at radius 3 is 2.60 bits per heavy atom. The van der Waals surface area contributed by atoms with E-state index in [1.54, 1.807) is 35.3 Å². The standard InChI is InChI=1S/C13H16N4O3/c1-9(18)15-6-12(19)13(20)10-2-4-11(5-3-10)17-8-14-7-16-17/h2-5,7-8,12-13,19-20H,6H2,1H3,(H,15,18). The molecular weight excluding hydrogens is 260 g/mol. The van der Waals surface area contributed by atoms with E-state index in [0.717, 1.165) is 5.69 Å². The van der Waals surface area contributed by atoms with Crippen molar-refractivity contribution < 1.29 is 15.0 Å². The lowest BCUT2D eigenvalue weighted by Crippen LogP contribution is -2.34. The molecule has 2 atom stereocenters. The highest BCUT2D eigenvalue weighted by Gasteiger charge is 2.18. The Labute approximate surface area is 115 Å². The topological polar surface area (TPSA) is 100 Å². The van der Waals surface area contributed by atoms with Crippen LogP contribution >= 0.6 is 0 Å². The number of nitrogens with one attached hydrogen (secondary N) is 1. The Morgan fingerprint density at radius 2 is 2.05 bits per heavy atom. The highest BCUT2D eigenvalue weighted by Crippen LogP contribution is 2.18. The first-order valence-corrected chi connectivity index (χ1v) is 6.13. The summed E-state index contributed by atoms with van der Waals surface area (Å²) in [6.45, 7) is 1.35. The minimum absolute atomic E-state index is 0.00132. The van der Waals surface area contributed by atoms with Crippen molar-refractivity contribution in [2.24, 2.45) is 0 Å². The average Bonchev–Trinajstić information content (AvgIpc) is 2.98. The number of nitrogens with zero attached hydrogens (tertiary/aromatic N) is 3. The maximum absolute atomic E-state index is 10.8. The number of aromatic nitrogens is 3. The predicted molar refractivity (Wildman–Crippen MR) is 71.0 cm³/mol. The number of aliphatic hydroxyl groups excluding tert-OH is 2. The summed E-state index contributed by atoms with van der Waals surface area (Å²) in [5.74, 6) is -0.252. The molecule has 0 aliphatic heterocycles. The van der Waals surface area contributed by atoms with Crippen molar-refractivity contribution in [3.05, 3.63) is 42.5 Å². The minimum atomic E-state index is -1.06. The van der Waals surface area contributed by atoms with Gasteiger partial charge in [-0.15, -0.1) is 0 Å². The zero-order valence-corrected chi connectivity index (χ0v) is 11.0. The van der Waals surface area contributed by atoms with Crippen LogP contribution in [0.2, 0.25) is 0 Å². The van der Waals surface area contributed by atoms with Gasteiger partial charge in [0, 0.05) is 13.5 Å². The largest absolute Gasteiger partial charge is 0.388 e. The molecule has 7 nitrogen and oxygen atoms in total. The van der Waals surface area contributed by atoms with Crippen LogP contribution in [0.4, 0.5) is 0 Å². The van der Waals surface area contributed by atoms with E-state index in [1.807, 2.05) is 0 Å². The van der Waals surface area contributed by atoms with Crippen molar-refractivity contribution in [2.75, 3.05) is 6.54 Å². The Morgan fingerprint density at radius 1 is 1.35 bits per heavy atom. The molecule has 0 fully saturated rings. The summed E-state index contributed by atoms with van der Waals surface area (Å²) in [4.78, 5) is 14.6. The van der Waals surface area contributed by atoms with Crippen molar-refractivity contribution in [2.45, 2.75) is 19.1 Å². The fourth-order valence-electron chi connectivity index (χ4n) is 1.75. The average molecular weight is 276 g/mol. The molecule has 20 heavy (non-hydrogen) atoms. The predicted octanol–water partition coefficient (Wildman–Crippen LogP) is -0.202. The van der Waals surface area contributed by atoms with E-state index in [-0.39, 0.29) is 12.5 Å². The van der Waals surface area contributed by atoms with Crippen LogP contribution < -0.4 is 5.32 Å². The second kappa shape index (κ2) is 6.27. The third-order valence-electron chi connectivity index (χ3n) is 2.84. The first-order valence-electron chi connectivity index (χ1n) is 6.13. The molecule has 0 spiro atoms. The van der Waals surface area contributed by atoms with Crippen LogP contribution in [0.25, 0.3) is 5.69 Å². The lowest BCUT2D eigenvalue weighted by atomic mass is 10.0. The maximum Gasteiger partial charge on any atom is 0.216 e. The molecule has 2 aromatic rings. The molecule has 3 N–H and O–H groups in total. The van der Waals surface area contributed by atoms with Gasteiger partial charge in [0.05, 0.1) is 5.69 Å². The minimum Gasteiger partial charge on any atom is -0.388 e. The third-order valence-corrected chi connectivity index (χ3v) is 2.84. The summed E-state index contributed by atoms with van der Waals surface area (Å²) in [5, 5.41) is 26.2. The molecule has 0 saturated heterocycles. The number of rotatable bonds is 5. The van der Waals surface area contributed by atoms with Gasteiger partial charge in [-0.2, -0.15) is 5.10 Å². The van der Waals surface area contributed by atoms with Gasteiger partial charge in [-0.3, -0.25) is 4.79 Å². The highest BCUT2D eigenvalue weighted by atomic mass is 16.3. The molecular formula is C13H16N4O3. The van der Waals surface area contributed by atoms with Crippen LogP contribution in [-0.2, 0) is 4.79 Å². The van der Waals surface area contributed by atoms with Gasteiger partial charge in [-0.05, 0) is 17.7 Å². The lowest BCUT2D eigenvalue weighted by molar-refractivity contribution is -0.119. The summed E-state index contributed by atoms with van der Waals surface area (Å²) >= 11 is 0. The van der Waals surface area contributed by atoms with Crippen molar-refractivity contribution >= 4 is 5.91 Å². The van der Waals surface area contributed by atoms with Crippen molar-refractivity contribution in [1.82, 2.24) is 20.1 Å². The van der Waals surface area contributed by atoms with E-state index >= 15 is 0 Å². The van der Waals surface area contributed by atoms with Crippen LogP contribution in [0.3, 0.4) is 0 Å². The van der Waals surface area contributed by atoms with E-state index in [0.29, 0.717) is 5.56 Å². The van der Waals surface area contributed by atoms with E-state index in [2.05, 4.69) is 15.4 Å². The number of hydrogen-bond acceptors (Lipinski definition) is 5. The molecule has 0 aliphatic carbocycles. The Hall–Kier alpha value is -2.25. The summed E-state index contributed by atoms with van der Waals surface area (Å²) in [7, 11) is 0. The van der Waals surface area contributed by atoms with Gasteiger partial charge < -0.3 is 15.5 Å². The Bertz CT molecular complexity index is 554. The van der Waals surface area contributed by atoms with E-state index in [1.165, 1.54) is 13.3 Å². The molecule has 1 aromatic carbocycles. The third kappa shape index (κ3) is 3.40. The molecule has 1 amide bonds. The number of carbonyl (C=O) groups is 1. The van der Waals surface area contributed by atoms with Crippen molar-refractivity contribution in [3.63, 3.8) is 0 Å². The molecule has 2 unspecified atom stereocenters. The van der Waals surface area contributed by atoms with Gasteiger partial charge in [0.1, 0.15) is 24.9 Å². The molecule has 7 heteroatoms. The molecule has 0 saturated carbocycles. The van der Waals surface area contributed by atoms with Gasteiger partial charge in [-0.25, -0.2) is 9.67 Å². The van der Waals surface area contributed by atoms with Gasteiger partial charge in [0.15, 0.2) is 0 Å². The molecule has 1 aromatic heterocycles. The lowest BCUT2D eigenvalue weighted by Gasteiger charge is -2.18. The highest BCUT2D eigenvalue weighted by molar-refractivity contribution is 5.72. The number of hydrogen-bond donors (Lipinski definition) is 3. The van der Waals surface area contributed by atoms with Crippen LogP contribution in [-0.4, -0.2) is 43.5 Å². The Balaban J connectivity index is 2.03. The fourth-order valence-corrected chi connectivity index (χ4v) is 1.75. The molecule has 106 valence electrons. The van der Waals surface area contributed by atoms with E-state index < -0.39 is 12.2 Å². The first kappa shape index (κ1) is 14.2. The second-order valence-corrected chi connectivity index (χ2v) is 4.38. The number of benzene rings is 1. The summed E-state index contributed by atoms with van der Waals surface area (Å²) in [5.41, 5.74) is 1.36. The van der Waals surface area contributed by atoms with Crippen LogP contribution in [0.1, 0.15) is 18.6 Å². The number of carbonyl (C=O) groups excluding carboxylic acids is 1. The molecule has 1 heterocycles. The van der Waals surface area contributed by atoms with Crippen LogP contribution in [0.5, 0.6) is 0 Å². The van der Waals surface area contributed by atoms with Crippen molar-refractivity contribution in [1.29, 1.82) is 0 Å². The number of aliphatic hydroxyl groups is 2. The summed E-state index contributed by atoms with van der Waals surface area (Å²) in [6, 6.07) is 6.91. The second-order valence-electron chi connectivity index (χ2n) is 4.38. The number of amides is 1. The van der Waals surface area contributed by atoms with Crippen LogP contribution in [0.15, 0.2) is 36.9 Å². The van der Waals surface area contributed by atoms with Gasteiger partial charge in [-0.1, -0.05) is 12.1 Å².